The molecule has 3 aliphatic heterocycles. The molecule has 3 aromatic heterocycles. The molecule has 0 spiro atoms. The number of carboxylic acid groups (broad SMARTS) is 2. The summed E-state index contributed by atoms with van der Waals surface area (Å²) in [5.41, 5.74) is 13.8. The van der Waals surface area contributed by atoms with Gasteiger partial charge in [-0.2, -0.15) is 0 Å². The average molecular weight is 650 g/mol. The van der Waals surface area contributed by atoms with E-state index in [-0.39, 0.29) is 29.9 Å². The van der Waals surface area contributed by atoms with E-state index in [1.165, 1.54) is 17.3 Å². The molecule has 8 nitrogen and oxygen atoms in total. The second-order valence-electron chi connectivity index (χ2n) is 11.3. The van der Waals surface area contributed by atoms with Crippen molar-refractivity contribution in [2.24, 2.45) is 0 Å². The molecule has 1 fully saturated rings. The van der Waals surface area contributed by atoms with Crippen molar-refractivity contribution in [2.75, 3.05) is 5.75 Å². The van der Waals surface area contributed by atoms with Crippen molar-refractivity contribution in [3.8, 4) is 0 Å². The normalized spacial score (nSPS) is 15.8. The van der Waals surface area contributed by atoms with E-state index in [2.05, 4.69) is 19.6 Å². The SMILES string of the molecule is C=CC1=C(C)c2cc3[n-]c(cc4nc(cc5[n-]c(cc1n2)c(C)c5CCC(=O)O)C(CCC(=O)O)=C4C)c(C)c3[C@H]1C[SH+]1.[Fe+2]. The molecule has 3 aromatic rings. The monoisotopic (exact) mass is 649 g/mol. The van der Waals surface area contributed by atoms with Gasteiger partial charge in [0, 0.05) is 18.4 Å². The molecule has 3 aliphatic rings. The van der Waals surface area contributed by atoms with Gasteiger partial charge >= 0.3 is 29.0 Å². The molecule has 10 heteroatoms. The van der Waals surface area contributed by atoms with Gasteiger partial charge in [0.25, 0.3) is 0 Å². The van der Waals surface area contributed by atoms with Gasteiger partial charge in [-0.15, -0.1) is 22.1 Å². The Kier molecular flexibility index (Phi) is 8.80. The minimum Gasteiger partial charge on any atom is -0.657 e. The molecule has 44 heavy (non-hydrogen) atoms. The fraction of sp³-hybridized carbons (Fsp3) is 0.294. The van der Waals surface area contributed by atoms with E-state index in [0.717, 1.165) is 72.9 Å². The third kappa shape index (κ3) is 5.82. The predicted octanol–water partition coefficient (Wildman–Crippen LogP) is 5.99. The van der Waals surface area contributed by atoms with Crippen LogP contribution in [-0.2, 0) is 44.8 Å². The Labute approximate surface area is 270 Å². The van der Waals surface area contributed by atoms with E-state index in [0.29, 0.717) is 34.8 Å². The fourth-order valence-corrected chi connectivity index (χ4v) is 6.81. The molecule has 6 rings (SSSR count). The summed E-state index contributed by atoms with van der Waals surface area (Å²) in [4.78, 5) is 43.1. The van der Waals surface area contributed by atoms with Crippen molar-refractivity contribution in [3.63, 3.8) is 0 Å². The Morgan fingerprint density at radius 3 is 2.05 bits per heavy atom. The molecule has 226 valence electrons. The van der Waals surface area contributed by atoms with E-state index in [1.807, 2.05) is 45.0 Å². The molecule has 0 amide bonds. The Hall–Kier alpha value is -3.85. The minimum absolute atomic E-state index is 0. The summed E-state index contributed by atoms with van der Waals surface area (Å²) in [5, 5.41) is 19.4. The van der Waals surface area contributed by atoms with E-state index in [9.17, 15) is 19.8 Å². The maximum Gasteiger partial charge on any atom is 2.00 e. The Morgan fingerprint density at radius 1 is 0.841 bits per heavy atom. The van der Waals surface area contributed by atoms with E-state index in [1.54, 1.807) is 0 Å². The van der Waals surface area contributed by atoms with Gasteiger partial charge in [-0.05, 0) is 74.6 Å². The van der Waals surface area contributed by atoms with Gasteiger partial charge in [-0.3, -0.25) is 9.59 Å². The van der Waals surface area contributed by atoms with Crippen molar-refractivity contribution >= 4 is 68.1 Å². The first-order valence-corrected chi connectivity index (χ1v) is 15.5. The summed E-state index contributed by atoms with van der Waals surface area (Å²) in [6, 6.07) is 7.88. The fourth-order valence-electron chi connectivity index (χ4n) is 6.01. The predicted molar refractivity (Wildman–Crippen MR) is 173 cm³/mol. The minimum atomic E-state index is -0.888. The number of allylic oxidation sites excluding steroid dienone is 5. The first kappa shape index (κ1) is 31.6. The molecule has 0 saturated carbocycles. The summed E-state index contributed by atoms with van der Waals surface area (Å²) in [6.45, 7) is 12.1. The van der Waals surface area contributed by atoms with Crippen LogP contribution in [-0.4, -0.2) is 37.9 Å². The van der Waals surface area contributed by atoms with Crippen molar-refractivity contribution in [3.05, 3.63) is 81.9 Å². The van der Waals surface area contributed by atoms with Crippen LogP contribution in [0.25, 0.3) is 44.4 Å². The molecule has 1 atom stereocenters. The Bertz CT molecular complexity index is 1960. The number of rotatable bonds is 8. The van der Waals surface area contributed by atoms with Crippen LogP contribution < -0.4 is 9.97 Å². The first-order valence-electron chi connectivity index (χ1n) is 14.3. The van der Waals surface area contributed by atoms with Gasteiger partial charge in [0.2, 0.25) is 0 Å². The quantitative estimate of drug-likeness (QED) is 0.132. The zero-order valence-corrected chi connectivity index (χ0v) is 27.0. The van der Waals surface area contributed by atoms with Crippen molar-refractivity contribution in [1.29, 1.82) is 0 Å². The summed E-state index contributed by atoms with van der Waals surface area (Å²) in [5.74, 6) is -0.660. The summed E-state index contributed by atoms with van der Waals surface area (Å²) < 4.78 is 0. The number of aromatic nitrogens is 4. The number of carboxylic acids is 2. The third-order valence-corrected chi connectivity index (χ3v) is 9.55. The molecular weight excluding hydrogens is 616 g/mol. The van der Waals surface area contributed by atoms with E-state index < -0.39 is 11.9 Å². The summed E-state index contributed by atoms with van der Waals surface area (Å²) in [7, 11) is 0. The number of fused-ring (bicyclic) bond motifs is 8. The maximum absolute atomic E-state index is 11.6. The number of aliphatic carboxylic acids is 2. The van der Waals surface area contributed by atoms with Crippen LogP contribution in [0, 0.1) is 13.8 Å². The Morgan fingerprint density at radius 2 is 1.39 bits per heavy atom. The van der Waals surface area contributed by atoms with Crippen LogP contribution in [0.5, 0.6) is 0 Å². The number of nitrogens with zero attached hydrogens (tertiary/aromatic N) is 4. The number of thiol groups is 1. The van der Waals surface area contributed by atoms with Crippen molar-refractivity contribution in [2.45, 2.75) is 58.6 Å². The van der Waals surface area contributed by atoms with Gasteiger partial charge in [0.1, 0.15) is 0 Å². The first-order chi connectivity index (χ1) is 20.5. The number of hydrogen-bond acceptors (Lipinski definition) is 4. The number of aryl methyl sites for hydroxylation is 3. The largest absolute Gasteiger partial charge is 2.00 e. The molecule has 8 bridgehead atoms. The van der Waals surface area contributed by atoms with Gasteiger partial charge < -0.3 is 20.2 Å². The van der Waals surface area contributed by atoms with E-state index >= 15 is 0 Å². The third-order valence-electron chi connectivity index (χ3n) is 8.56. The molecule has 6 heterocycles. The smallest absolute Gasteiger partial charge is 0.657 e. The van der Waals surface area contributed by atoms with E-state index in [4.69, 9.17) is 19.9 Å². The average Bonchev–Trinajstić information content (AvgIpc) is 3.50. The molecular formula is C34H33FeN4O4S+. The van der Waals surface area contributed by atoms with Crippen LogP contribution in [0.2, 0.25) is 0 Å². The van der Waals surface area contributed by atoms with Crippen LogP contribution >= 0.6 is 0 Å². The molecule has 1 saturated heterocycles. The van der Waals surface area contributed by atoms with Crippen LogP contribution in [0.3, 0.4) is 0 Å². The summed E-state index contributed by atoms with van der Waals surface area (Å²) >= 11 is 1.39. The molecule has 2 N–H and O–H groups in total. The zero-order chi connectivity index (χ0) is 30.6. The van der Waals surface area contributed by atoms with Crippen LogP contribution in [0.15, 0.2) is 36.9 Å². The van der Waals surface area contributed by atoms with Crippen molar-refractivity contribution < 1.29 is 36.9 Å². The molecule has 0 unspecified atom stereocenters. The summed E-state index contributed by atoms with van der Waals surface area (Å²) in [6.07, 6.45) is 2.37. The number of carbonyl (C=O) groups is 2. The maximum atomic E-state index is 11.6. The van der Waals surface area contributed by atoms with Crippen LogP contribution in [0.1, 0.15) is 83.4 Å². The van der Waals surface area contributed by atoms with Gasteiger partial charge in [-0.1, -0.05) is 53.6 Å². The van der Waals surface area contributed by atoms with Crippen molar-refractivity contribution in [1.82, 2.24) is 19.9 Å². The van der Waals surface area contributed by atoms with Crippen LogP contribution in [0.4, 0.5) is 0 Å². The second-order valence-corrected chi connectivity index (χ2v) is 12.6. The Balaban J connectivity index is 0.00000384. The molecule has 0 aromatic carbocycles. The van der Waals surface area contributed by atoms with Gasteiger partial charge in [0.15, 0.2) is 11.0 Å². The molecule has 0 aliphatic carbocycles. The standard InChI is InChI=1S/C34H34N4O4S.Fe/c1-6-20-16(2)25-13-30-34(31-15-43-31)19(5)26(38-30)11-23-17(3)21(7-9-32(39)40)28(36-23)14-29-22(8-10-33(41)42)18(4)24(37-29)12-27(20)35-25;/h6,11-14,31H,1,7-10,15H2,2-5H3,(H4,35,36,37,38,39,40,41,42);/q;+2/p-1/t31-;/m1./s1. The number of hydrogen-bond donors (Lipinski definition) is 2. The van der Waals surface area contributed by atoms with Gasteiger partial charge in [0.05, 0.1) is 22.8 Å². The topological polar surface area (TPSA) is 129 Å². The van der Waals surface area contributed by atoms with Gasteiger partial charge in [-0.25, -0.2) is 9.97 Å². The second kappa shape index (κ2) is 12.3. The zero-order valence-electron chi connectivity index (χ0n) is 25.0. The molecule has 0 radical (unpaired) electrons.